The van der Waals surface area contributed by atoms with Gasteiger partial charge in [-0.25, -0.2) is 4.39 Å². The van der Waals surface area contributed by atoms with E-state index in [1.54, 1.807) is 24.3 Å². The van der Waals surface area contributed by atoms with Gasteiger partial charge in [-0.2, -0.15) is 0 Å². The Kier molecular flexibility index (Phi) is 4.85. The lowest BCUT2D eigenvalue weighted by Gasteiger charge is -2.08. The van der Waals surface area contributed by atoms with Gasteiger partial charge in [-0.15, -0.1) is 0 Å². The van der Waals surface area contributed by atoms with E-state index in [-0.39, 0.29) is 12.3 Å². The summed E-state index contributed by atoms with van der Waals surface area (Å²) in [6.45, 7) is 0. The molecule has 22 heavy (non-hydrogen) atoms. The van der Waals surface area contributed by atoms with Crippen molar-refractivity contribution >= 4 is 17.6 Å². The standard InChI is InChI=1S/C16H15FN2O3/c17-12-5-3-11(4-6-12)15(20)19-13-7-1-10(2-8-13)9-14(18)16(21)22/h1-8,14H,9,18H2,(H,19,20)(H,21,22)/t14-/m0/s1. The number of benzene rings is 2. The zero-order chi connectivity index (χ0) is 16.1. The molecule has 0 saturated carbocycles. The van der Waals surface area contributed by atoms with E-state index in [1.807, 2.05) is 0 Å². The molecule has 2 aromatic carbocycles. The summed E-state index contributed by atoms with van der Waals surface area (Å²) in [7, 11) is 0. The molecule has 0 unspecified atom stereocenters. The molecule has 0 radical (unpaired) electrons. The number of hydrogen-bond donors (Lipinski definition) is 3. The Bertz CT molecular complexity index is 669. The number of carboxylic acid groups (broad SMARTS) is 1. The first-order valence-corrected chi connectivity index (χ1v) is 6.60. The summed E-state index contributed by atoms with van der Waals surface area (Å²) in [6.07, 6.45) is 0.210. The smallest absolute Gasteiger partial charge is 0.320 e. The van der Waals surface area contributed by atoms with Crippen LogP contribution in [0.3, 0.4) is 0 Å². The summed E-state index contributed by atoms with van der Waals surface area (Å²) in [5.41, 5.74) is 7.12. The summed E-state index contributed by atoms with van der Waals surface area (Å²) in [4.78, 5) is 22.6. The molecule has 4 N–H and O–H groups in total. The third-order valence-corrected chi connectivity index (χ3v) is 3.09. The van der Waals surface area contributed by atoms with Crippen molar-refractivity contribution in [2.75, 3.05) is 5.32 Å². The topological polar surface area (TPSA) is 92.4 Å². The number of rotatable bonds is 5. The molecule has 114 valence electrons. The van der Waals surface area contributed by atoms with Crippen LogP contribution >= 0.6 is 0 Å². The molecule has 0 aromatic heterocycles. The lowest BCUT2D eigenvalue weighted by Crippen LogP contribution is -2.32. The molecule has 1 atom stereocenters. The number of carboxylic acids is 1. The highest BCUT2D eigenvalue weighted by atomic mass is 19.1. The fraction of sp³-hybridized carbons (Fsp3) is 0.125. The van der Waals surface area contributed by atoms with Crippen LogP contribution < -0.4 is 11.1 Å². The number of carbonyl (C=O) groups is 2. The highest BCUT2D eigenvalue weighted by molar-refractivity contribution is 6.04. The Hall–Kier alpha value is -2.73. The van der Waals surface area contributed by atoms with Gasteiger partial charge in [-0.3, -0.25) is 9.59 Å². The van der Waals surface area contributed by atoms with Gasteiger partial charge in [0.15, 0.2) is 0 Å². The van der Waals surface area contributed by atoms with Crippen LogP contribution in [0.4, 0.5) is 10.1 Å². The van der Waals surface area contributed by atoms with E-state index in [2.05, 4.69) is 5.32 Å². The first-order valence-electron chi connectivity index (χ1n) is 6.60. The maximum atomic E-state index is 12.8. The van der Waals surface area contributed by atoms with E-state index in [0.717, 1.165) is 5.56 Å². The van der Waals surface area contributed by atoms with Gasteiger partial charge in [0.25, 0.3) is 5.91 Å². The van der Waals surface area contributed by atoms with E-state index in [4.69, 9.17) is 10.8 Å². The van der Waals surface area contributed by atoms with Gasteiger partial charge in [0.2, 0.25) is 0 Å². The van der Waals surface area contributed by atoms with Crippen molar-refractivity contribution in [3.8, 4) is 0 Å². The lowest BCUT2D eigenvalue weighted by atomic mass is 10.1. The molecule has 0 fully saturated rings. The number of nitrogens with one attached hydrogen (secondary N) is 1. The second kappa shape index (κ2) is 6.82. The minimum atomic E-state index is -1.06. The molecule has 6 heteroatoms. The number of nitrogens with two attached hydrogens (primary N) is 1. The first kappa shape index (κ1) is 15.7. The van der Waals surface area contributed by atoms with E-state index >= 15 is 0 Å². The van der Waals surface area contributed by atoms with Crippen LogP contribution in [-0.2, 0) is 11.2 Å². The van der Waals surface area contributed by atoms with Crippen molar-refractivity contribution in [3.63, 3.8) is 0 Å². The molecule has 0 spiro atoms. The van der Waals surface area contributed by atoms with E-state index in [0.29, 0.717) is 11.3 Å². The third-order valence-electron chi connectivity index (χ3n) is 3.09. The number of carbonyl (C=O) groups excluding carboxylic acids is 1. The van der Waals surface area contributed by atoms with Crippen LogP contribution in [-0.4, -0.2) is 23.0 Å². The van der Waals surface area contributed by atoms with Crippen LogP contribution in [0.1, 0.15) is 15.9 Å². The average molecular weight is 302 g/mol. The average Bonchev–Trinajstić information content (AvgIpc) is 2.49. The molecule has 0 saturated heterocycles. The number of halogens is 1. The Balaban J connectivity index is 2.00. The fourth-order valence-corrected chi connectivity index (χ4v) is 1.87. The number of hydrogen-bond acceptors (Lipinski definition) is 3. The Morgan fingerprint density at radius 3 is 2.23 bits per heavy atom. The Morgan fingerprint density at radius 1 is 1.09 bits per heavy atom. The van der Waals surface area contributed by atoms with E-state index < -0.39 is 17.8 Å². The largest absolute Gasteiger partial charge is 0.480 e. The van der Waals surface area contributed by atoms with Crippen LogP contribution in [0.2, 0.25) is 0 Å². The molecular weight excluding hydrogens is 287 g/mol. The zero-order valence-corrected chi connectivity index (χ0v) is 11.6. The van der Waals surface area contributed by atoms with Crippen LogP contribution in [0.25, 0.3) is 0 Å². The summed E-state index contributed by atoms with van der Waals surface area (Å²) >= 11 is 0. The fourth-order valence-electron chi connectivity index (χ4n) is 1.87. The minimum absolute atomic E-state index is 0.210. The van der Waals surface area contributed by atoms with Gasteiger partial charge in [0.1, 0.15) is 11.9 Å². The SMILES string of the molecule is N[C@@H](Cc1ccc(NC(=O)c2ccc(F)cc2)cc1)C(=O)O. The van der Waals surface area contributed by atoms with Crippen molar-refractivity contribution < 1.29 is 19.1 Å². The van der Waals surface area contributed by atoms with Gasteiger partial charge in [-0.05, 0) is 48.4 Å². The summed E-state index contributed by atoms with van der Waals surface area (Å²) in [6, 6.07) is 11.0. The van der Waals surface area contributed by atoms with E-state index in [9.17, 15) is 14.0 Å². The Labute approximate surface area is 126 Å². The van der Waals surface area contributed by atoms with Crippen molar-refractivity contribution in [3.05, 3.63) is 65.5 Å². The van der Waals surface area contributed by atoms with Gasteiger partial charge in [-0.1, -0.05) is 12.1 Å². The number of aliphatic carboxylic acids is 1. The van der Waals surface area contributed by atoms with E-state index in [1.165, 1.54) is 24.3 Å². The highest BCUT2D eigenvalue weighted by Gasteiger charge is 2.12. The Morgan fingerprint density at radius 2 is 1.68 bits per heavy atom. The maximum absolute atomic E-state index is 12.8. The highest BCUT2D eigenvalue weighted by Crippen LogP contribution is 2.13. The van der Waals surface area contributed by atoms with Gasteiger partial charge < -0.3 is 16.2 Å². The van der Waals surface area contributed by atoms with Crippen LogP contribution in [0.5, 0.6) is 0 Å². The second-order valence-corrected chi connectivity index (χ2v) is 4.81. The zero-order valence-electron chi connectivity index (χ0n) is 11.6. The van der Waals surface area contributed by atoms with Gasteiger partial charge >= 0.3 is 5.97 Å². The summed E-state index contributed by atoms with van der Waals surface area (Å²) in [5.74, 6) is -1.82. The molecule has 0 bridgehead atoms. The molecule has 0 aliphatic heterocycles. The second-order valence-electron chi connectivity index (χ2n) is 4.81. The van der Waals surface area contributed by atoms with Crippen LogP contribution in [0, 0.1) is 5.82 Å². The summed E-state index contributed by atoms with van der Waals surface area (Å²) in [5, 5.41) is 11.4. The maximum Gasteiger partial charge on any atom is 0.320 e. The van der Waals surface area contributed by atoms with Gasteiger partial charge in [0, 0.05) is 11.3 Å². The molecule has 0 aliphatic carbocycles. The quantitative estimate of drug-likeness (QED) is 0.788. The van der Waals surface area contributed by atoms with Crippen molar-refractivity contribution in [1.82, 2.24) is 0 Å². The molecule has 0 heterocycles. The predicted octanol–water partition coefficient (Wildman–Crippen LogP) is 2.03. The summed E-state index contributed by atoms with van der Waals surface area (Å²) < 4.78 is 12.8. The third kappa shape index (κ3) is 4.13. The monoisotopic (exact) mass is 302 g/mol. The molecule has 5 nitrogen and oxygen atoms in total. The molecule has 0 aliphatic rings. The minimum Gasteiger partial charge on any atom is -0.480 e. The van der Waals surface area contributed by atoms with Crippen molar-refractivity contribution in [1.29, 1.82) is 0 Å². The van der Waals surface area contributed by atoms with Gasteiger partial charge in [0.05, 0.1) is 0 Å². The molecule has 2 aromatic rings. The number of anilines is 1. The normalized spacial score (nSPS) is 11.7. The van der Waals surface area contributed by atoms with Crippen LogP contribution in [0.15, 0.2) is 48.5 Å². The lowest BCUT2D eigenvalue weighted by molar-refractivity contribution is -0.138. The molecule has 1 amide bonds. The first-order chi connectivity index (χ1) is 10.5. The van der Waals surface area contributed by atoms with Crippen molar-refractivity contribution in [2.45, 2.75) is 12.5 Å². The predicted molar refractivity (Wildman–Crippen MR) is 80.1 cm³/mol. The number of amides is 1. The molecule has 2 rings (SSSR count). The van der Waals surface area contributed by atoms with Crippen molar-refractivity contribution in [2.24, 2.45) is 5.73 Å². The molecular formula is C16H15FN2O3.